The average Bonchev–Trinajstić information content (AvgIpc) is 2.72. The molecule has 94 valence electrons. The van der Waals surface area contributed by atoms with Gasteiger partial charge in [0.2, 0.25) is 0 Å². The molecule has 1 aromatic rings. The number of allylic oxidation sites excluding steroid dienone is 2. The fourth-order valence-corrected chi connectivity index (χ4v) is 2.28. The summed E-state index contributed by atoms with van der Waals surface area (Å²) in [6.45, 7) is 5.52. The van der Waals surface area contributed by atoms with Crippen molar-refractivity contribution in [2.24, 2.45) is 5.10 Å². The molecule has 0 saturated heterocycles. The molecule has 0 bridgehead atoms. The highest BCUT2D eigenvalue weighted by atomic mass is 16.1. The molecule has 0 aromatic heterocycles. The Labute approximate surface area is 108 Å². The number of rotatable bonds is 3. The maximum atomic E-state index is 11.2. The van der Waals surface area contributed by atoms with E-state index < -0.39 is 0 Å². The molecule has 2 rings (SSSR count). The van der Waals surface area contributed by atoms with Crippen molar-refractivity contribution in [3.63, 3.8) is 0 Å². The van der Waals surface area contributed by atoms with Crippen LogP contribution in [0.2, 0.25) is 0 Å². The quantitative estimate of drug-likeness (QED) is 0.762. The van der Waals surface area contributed by atoms with Gasteiger partial charge in [-0.3, -0.25) is 9.80 Å². The van der Waals surface area contributed by atoms with Gasteiger partial charge in [-0.25, -0.2) is 0 Å². The summed E-state index contributed by atoms with van der Waals surface area (Å²) in [5.74, 6) is 0.0547. The van der Waals surface area contributed by atoms with E-state index in [2.05, 4.69) is 17.2 Å². The van der Waals surface area contributed by atoms with Crippen molar-refractivity contribution in [2.75, 3.05) is 0 Å². The summed E-state index contributed by atoms with van der Waals surface area (Å²) in [6.07, 6.45) is 2.55. The first kappa shape index (κ1) is 12.6. The van der Waals surface area contributed by atoms with E-state index in [-0.39, 0.29) is 11.8 Å². The van der Waals surface area contributed by atoms with Crippen LogP contribution in [0.3, 0.4) is 0 Å². The molecule has 1 aliphatic heterocycles. The van der Waals surface area contributed by atoms with E-state index in [0.717, 1.165) is 17.8 Å². The summed E-state index contributed by atoms with van der Waals surface area (Å²) in [7, 11) is 0. The minimum absolute atomic E-state index is 0.0547. The summed E-state index contributed by atoms with van der Waals surface area (Å²) < 4.78 is 0. The number of carbonyl (C=O) groups is 1. The largest absolute Gasteiger partial charge is 0.295 e. The van der Waals surface area contributed by atoms with Crippen molar-refractivity contribution in [3.8, 4) is 0 Å². The van der Waals surface area contributed by atoms with Crippen molar-refractivity contribution in [3.05, 3.63) is 47.7 Å². The van der Waals surface area contributed by atoms with Crippen molar-refractivity contribution >= 4 is 11.5 Å². The lowest BCUT2D eigenvalue weighted by Gasteiger charge is -2.24. The molecule has 1 aromatic carbocycles. The zero-order chi connectivity index (χ0) is 13.1. The predicted molar refractivity (Wildman–Crippen MR) is 73.2 cm³/mol. The number of hydrogen-bond donors (Lipinski definition) is 0. The van der Waals surface area contributed by atoms with Gasteiger partial charge in [0, 0.05) is 23.9 Å². The van der Waals surface area contributed by atoms with Gasteiger partial charge in [0.1, 0.15) is 0 Å². The first-order valence-electron chi connectivity index (χ1n) is 6.15. The highest BCUT2D eigenvalue weighted by Crippen LogP contribution is 2.33. The summed E-state index contributed by atoms with van der Waals surface area (Å²) in [5, 5.41) is 6.48. The lowest BCUT2D eigenvalue weighted by molar-refractivity contribution is -0.112. The number of nitrogens with zero attached hydrogens (tertiary/aromatic N) is 2. The third-order valence-electron chi connectivity index (χ3n) is 3.02. The van der Waals surface area contributed by atoms with Gasteiger partial charge in [-0.15, -0.1) is 0 Å². The minimum atomic E-state index is 0.0547. The van der Waals surface area contributed by atoms with E-state index in [1.165, 1.54) is 5.56 Å². The van der Waals surface area contributed by atoms with Crippen LogP contribution in [-0.4, -0.2) is 16.5 Å². The minimum Gasteiger partial charge on any atom is -0.295 e. The fourth-order valence-electron chi connectivity index (χ4n) is 2.28. The van der Waals surface area contributed by atoms with Gasteiger partial charge in [0.05, 0.1) is 6.04 Å². The van der Waals surface area contributed by atoms with Crippen LogP contribution < -0.4 is 0 Å². The Hall–Kier alpha value is -1.90. The van der Waals surface area contributed by atoms with Gasteiger partial charge >= 0.3 is 0 Å². The molecule has 0 aliphatic carbocycles. The molecule has 1 heterocycles. The van der Waals surface area contributed by atoms with Crippen molar-refractivity contribution in [2.45, 2.75) is 33.2 Å². The summed E-state index contributed by atoms with van der Waals surface area (Å²) in [6, 6.07) is 10.5. The predicted octanol–water partition coefficient (Wildman–Crippen LogP) is 3.30. The van der Waals surface area contributed by atoms with Crippen LogP contribution in [0, 0.1) is 0 Å². The van der Waals surface area contributed by atoms with Crippen LogP contribution in [0.1, 0.15) is 38.8 Å². The number of hydrazone groups is 1. The molecular formula is C15H18N2O. The molecule has 18 heavy (non-hydrogen) atoms. The van der Waals surface area contributed by atoms with Crippen LogP contribution in [0.15, 0.2) is 47.2 Å². The normalized spacial score (nSPS) is 19.9. The van der Waals surface area contributed by atoms with E-state index in [4.69, 9.17) is 0 Å². The molecular weight excluding hydrogens is 224 g/mol. The molecule has 1 unspecified atom stereocenters. The Bertz CT molecular complexity index is 502. The second-order valence-corrected chi connectivity index (χ2v) is 4.71. The summed E-state index contributed by atoms with van der Waals surface area (Å²) in [5.41, 5.74) is 3.22. The zero-order valence-corrected chi connectivity index (χ0v) is 11.1. The standard InChI is InChI=1S/C15H18N2O/c1-11-9-15(14-7-5-4-6-8-14)17(16-11)12(2)10-13(3)18/h4-8,10,15H,9H2,1-3H3/b12-10+. The fraction of sp³-hybridized carbons (Fsp3) is 0.333. The summed E-state index contributed by atoms with van der Waals surface area (Å²) >= 11 is 0. The summed E-state index contributed by atoms with van der Waals surface area (Å²) in [4.78, 5) is 11.2. The average molecular weight is 242 g/mol. The topological polar surface area (TPSA) is 32.7 Å². The van der Waals surface area contributed by atoms with Crippen LogP contribution in [0.25, 0.3) is 0 Å². The Morgan fingerprint density at radius 3 is 2.61 bits per heavy atom. The van der Waals surface area contributed by atoms with E-state index >= 15 is 0 Å². The highest BCUT2D eigenvalue weighted by molar-refractivity contribution is 5.88. The smallest absolute Gasteiger partial charge is 0.154 e. The Balaban J connectivity index is 2.30. The molecule has 3 nitrogen and oxygen atoms in total. The van der Waals surface area contributed by atoms with Crippen LogP contribution in [0.4, 0.5) is 0 Å². The molecule has 3 heteroatoms. The van der Waals surface area contributed by atoms with E-state index in [1.54, 1.807) is 13.0 Å². The lowest BCUT2D eigenvalue weighted by Crippen LogP contribution is -2.18. The third-order valence-corrected chi connectivity index (χ3v) is 3.02. The third kappa shape index (κ3) is 2.67. The van der Waals surface area contributed by atoms with Gasteiger partial charge < -0.3 is 0 Å². The van der Waals surface area contributed by atoms with Crippen LogP contribution in [-0.2, 0) is 4.79 Å². The Morgan fingerprint density at radius 2 is 2.00 bits per heavy atom. The number of carbonyl (C=O) groups excluding carboxylic acids is 1. The SMILES string of the molecule is CC(=O)/C=C(\C)N1N=C(C)CC1c1ccccc1. The molecule has 0 saturated carbocycles. The monoisotopic (exact) mass is 242 g/mol. The van der Waals surface area contributed by atoms with Gasteiger partial charge in [0.25, 0.3) is 0 Å². The highest BCUT2D eigenvalue weighted by Gasteiger charge is 2.26. The molecule has 0 N–H and O–H groups in total. The second kappa shape index (κ2) is 5.17. The van der Waals surface area contributed by atoms with Gasteiger partial charge in [-0.2, -0.15) is 5.10 Å². The zero-order valence-electron chi connectivity index (χ0n) is 11.1. The molecule has 1 aliphatic rings. The second-order valence-electron chi connectivity index (χ2n) is 4.71. The molecule has 1 atom stereocenters. The molecule has 0 fully saturated rings. The number of ketones is 1. The maximum Gasteiger partial charge on any atom is 0.154 e. The lowest BCUT2D eigenvalue weighted by atomic mass is 10.0. The Kier molecular flexibility index (Phi) is 3.60. The number of benzene rings is 1. The van der Waals surface area contributed by atoms with Gasteiger partial charge in [-0.1, -0.05) is 30.3 Å². The van der Waals surface area contributed by atoms with Gasteiger partial charge in [0.15, 0.2) is 5.78 Å². The molecule has 0 spiro atoms. The maximum absolute atomic E-state index is 11.2. The van der Waals surface area contributed by atoms with Crippen molar-refractivity contribution in [1.29, 1.82) is 0 Å². The van der Waals surface area contributed by atoms with E-state index in [1.807, 2.05) is 37.1 Å². The number of hydrogen-bond acceptors (Lipinski definition) is 3. The van der Waals surface area contributed by atoms with Crippen molar-refractivity contribution < 1.29 is 4.79 Å². The molecule has 0 radical (unpaired) electrons. The van der Waals surface area contributed by atoms with E-state index in [0.29, 0.717) is 0 Å². The first-order chi connectivity index (χ1) is 8.58. The Morgan fingerprint density at radius 1 is 1.33 bits per heavy atom. The molecule has 0 amide bonds. The van der Waals surface area contributed by atoms with Crippen molar-refractivity contribution in [1.82, 2.24) is 5.01 Å². The van der Waals surface area contributed by atoms with Gasteiger partial charge in [-0.05, 0) is 26.3 Å². The van der Waals surface area contributed by atoms with Crippen LogP contribution >= 0.6 is 0 Å². The first-order valence-corrected chi connectivity index (χ1v) is 6.15. The van der Waals surface area contributed by atoms with Crippen LogP contribution in [0.5, 0.6) is 0 Å². The van der Waals surface area contributed by atoms with E-state index in [9.17, 15) is 4.79 Å².